The molecule has 0 aliphatic carbocycles. The molecule has 162 valence electrons. The predicted octanol–water partition coefficient (Wildman–Crippen LogP) is 1.14. The van der Waals surface area contributed by atoms with Crippen molar-refractivity contribution in [3.8, 4) is 5.75 Å². The Bertz CT molecular complexity index is 990. The maximum Gasteiger partial charge on any atom is 0.347 e. The number of nitrogens with zero attached hydrogens (tertiary/aromatic N) is 2. The number of piperidine rings is 1. The van der Waals surface area contributed by atoms with Crippen molar-refractivity contribution in [3.63, 3.8) is 0 Å². The molecular formula is C19H24N4O6S. The number of anilines is 1. The van der Waals surface area contributed by atoms with Gasteiger partial charge in [-0.3, -0.25) is 14.9 Å². The minimum Gasteiger partial charge on any atom is -0.492 e. The Labute approximate surface area is 174 Å². The van der Waals surface area contributed by atoms with E-state index in [0.717, 1.165) is 4.31 Å². The van der Waals surface area contributed by atoms with Crippen LogP contribution in [0.25, 0.3) is 0 Å². The third-order valence-corrected chi connectivity index (χ3v) is 7.19. The molecule has 0 spiro atoms. The van der Waals surface area contributed by atoms with E-state index in [1.165, 1.54) is 6.92 Å². The average molecular weight is 436 g/mol. The first-order valence-corrected chi connectivity index (χ1v) is 11.2. The Hall–Kier alpha value is -2.79. The summed E-state index contributed by atoms with van der Waals surface area (Å²) in [5.41, 5.74) is 0.429. The van der Waals surface area contributed by atoms with E-state index in [1.807, 2.05) is 12.2 Å². The molecule has 1 fully saturated rings. The Balaban J connectivity index is 1.75. The van der Waals surface area contributed by atoms with Crippen molar-refractivity contribution >= 4 is 39.3 Å². The van der Waals surface area contributed by atoms with Crippen LogP contribution >= 0.6 is 0 Å². The van der Waals surface area contributed by atoms with Gasteiger partial charge in [-0.25, -0.2) is 22.5 Å². The Kier molecular flexibility index (Phi) is 6.52. The molecular weight excluding hydrogens is 412 g/mol. The van der Waals surface area contributed by atoms with Crippen LogP contribution in [0.4, 0.5) is 10.5 Å². The van der Waals surface area contributed by atoms with Crippen LogP contribution in [-0.2, 0) is 19.6 Å². The topological polar surface area (TPSA) is 134 Å². The summed E-state index contributed by atoms with van der Waals surface area (Å²) in [5.74, 6) is -1.31. The fourth-order valence-electron chi connectivity index (χ4n) is 3.58. The first-order chi connectivity index (χ1) is 14.2. The average Bonchev–Trinajstić information content (AvgIpc) is 2.68. The van der Waals surface area contributed by atoms with E-state index < -0.39 is 33.1 Å². The molecule has 0 bridgehead atoms. The highest BCUT2D eigenvalue weighted by molar-refractivity contribution is 7.91. The van der Waals surface area contributed by atoms with Gasteiger partial charge in [-0.2, -0.15) is 0 Å². The van der Waals surface area contributed by atoms with Crippen molar-refractivity contribution in [2.75, 3.05) is 25.0 Å². The summed E-state index contributed by atoms with van der Waals surface area (Å²) < 4.78 is 32.7. The van der Waals surface area contributed by atoms with Gasteiger partial charge in [0, 0.05) is 18.8 Å². The van der Waals surface area contributed by atoms with Gasteiger partial charge in [0.1, 0.15) is 5.75 Å². The second-order valence-corrected chi connectivity index (χ2v) is 9.11. The highest BCUT2D eigenvalue weighted by Crippen LogP contribution is 2.27. The number of sulfonamides is 1. The predicted molar refractivity (Wildman–Crippen MR) is 110 cm³/mol. The lowest BCUT2D eigenvalue weighted by atomic mass is 9.98. The minimum atomic E-state index is -4.13. The molecule has 0 saturated carbocycles. The third-order valence-electron chi connectivity index (χ3n) is 4.98. The first kappa shape index (κ1) is 21.9. The molecule has 1 saturated heterocycles. The first-order valence-electron chi connectivity index (χ1n) is 9.65. The number of rotatable bonds is 6. The molecule has 2 aliphatic rings. The van der Waals surface area contributed by atoms with Gasteiger partial charge in [0.25, 0.3) is 5.91 Å². The normalized spacial score (nSPS) is 22.8. The minimum absolute atomic E-state index is 0.0595. The number of benzene rings is 1. The van der Waals surface area contributed by atoms with Crippen molar-refractivity contribution in [3.05, 3.63) is 24.3 Å². The molecule has 1 aromatic rings. The zero-order chi connectivity index (χ0) is 21.9. The van der Waals surface area contributed by atoms with Gasteiger partial charge in [-0.1, -0.05) is 12.1 Å². The number of nitrogens with one attached hydrogen (secondary N) is 2. The van der Waals surface area contributed by atoms with Crippen molar-refractivity contribution in [1.82, 2.24) is 9.62 Å². The van der Waals surface area contributed by atoms with E-state index in [1.54, 1.807) is 24.3 Å². The van der Waals surface area contributed by atoms with E-state index in [9.17, 15) is 22.8 Å². The zero-order valence-corrected chi connectivity index (χ0v) is 17.6. The van der Waals surface area contributed by atoms with E-state index >= 15 is 0 Å². The maximum atomic E-state index is 13.1. The smallest absolute Gasteiger partial charge is 0.347 e. The Morgan fingerprint density at radius 1 is 1.33 bits per heavy atom. The van der Waals surface area contributed by atoms with E-state index in [-0.39, 0.29) is 24.7 Å². The van der Waals surface area contributed by atoms with Gasteiger partial charge < -0.3 is 10.1 Å². The van der Waals surface area contributed by atoms with Crippen LogP contribution in [0.1, 0.15) is 26.7 Å². The molecule has 0 radical (unpaired) electrons. The van der Waals surface area contributed by atoms with Gasteiger partial charge >= 0.3 is 6.03 Å². The van der Waals surface area contributed by atoms with Gasteiger partial charge in [-0.05, 0) is 38.8 Å². The number of aliphatic imine (C=N–C) groups is 1. The second kappa shape index (κ2) is 8.92. The van der Waals surface area contributed by atoms with Crippen molar-refractivity contribution in [1.29, 1.82) is 0 Å². The fourth-order valence-corrected chi connectivity index (χ4v) is 5.46. The number of ether oxygens (including phenoxy) is 1. The molecule has 11 heteroatoms. The molecule has 2 heterocycles. The third kappa shape index (κ3) is 4.51. The van der Waals surface area contributed by atoms with Crippen molar-refractivity contribution in [2.45, 2.75) is 31.9 Å². The number of hydrogen-bond acceptors (Lipinski definition) is 6. The number of imide groups is 1. The summed E-state index contributed by atoms with van der Waals surface area (Å²) in [6.45, 7) is 3.73. The highest BCUT2D eigenvalue weighted by atomic mass is 32.2. The molecule has 10 nitrogen and oxygen atoms in total. The number of carbonyl (C=O) groups excluding carboxylic acids is 3. The summed E-state index contributed by atoms with van der Waals surface area (Å²) in [6.07, 6.45) is 0.977. The van der Waals surface area contributed by atoms with Gasteiger partial charge in [-0.15, -0.1) is 0 Å². The van der Waals surface area contributed by atoms with Crippen LogP contribution in [0.3, 0.4) is 0 Å². The number of para-hydroxylation sites is 2. The molecule has 2 atom stereocenters. The van der Waals surface area contributed by atoms with Crippen LogP contribution < -0.4 is 15.4 Å². The van der Waals surface area contributed by atoms with Gasteiger partial charge in [0.2, 0.25) is 15.9 Å². The lowest BCUT2D eigenvalue weighted by molar-refractivity contribution is -0.121. The molecule has 4 amide bonds. The van der Waals surface area contributed by atoms with Crippen LogP contribution in [0.15, 0.2) is 29.3 Å². The SMILES string of the molecule is CCOc1ccccc1NC(=O)C1CCCN(S(=O)(=O)C2C(=O)NC(=O)N=C2C)C1. The molecule has 0 aromatic heterocycles. The quantitative estimate of drug-likeness (QED) is 0.687. The van der Waals surface area contributed by atoms with Crippen LogP contribution in [0, 0.1) is 5.92 Å². The van der Waals surface area contributed by atoms with Crippen LogP contribution in [0.2, 0.25) is 0 Å². The number of carbonyl (C=O) groups is 3. The summed E-state index contributed by atoms with van der Waals surface area (Å²) in [6, 6.07) is 6.12. The number of amides is 4. The number of urea groups is 1. The molecule has 30 heavy (non-hydrogen) atoms. The van der Waals surface area contributed by atoms with Gasteiger partial charge in [0.05, 0.1) is 18.2 Å². The van der Waals surface area contributed by atoms with Crippen LogP contribution in [0.5, 0.6) is 5.75 Å². The van der Waals surface area contributed by atoms with E-state index in [4.69, 9.17) is 4.74 Å². The second-order valence-electron chi connectivity index (χ2n) is 7.09. The number of hydrogen-bond donors (Lipinski definition) is 2. The summed E-state index contributed by atoms with van der Waals surface area (Å²) in [4.78, 5) is 39.8. The Morgan fingerprint density at radius 2 is 2.07 bits per heavy atom. The lowest BCUT2D eigenvalue weighted by Crippen LogP contribution is -2.56. The van der Waals surface area contributed by atoms with E-state index in [2.05, 4.69) is 10.3 Å². The molecule has 2 unspecified atom stereocenters. The van der Waals surface area contributed by atoms with Crippen molar-refractivity contribution < 1.29 is 27.5 Å². The van der Waals surface area contributed by atoms with Gasteiger partial charge in [0.15, 0.2) is 5.25 Å². The zero-order valence-electron chi connectivity index (χ0n) is 16.8. The Morgan fingerprint density at radius 3 is 2.77 bits per heavy atom. The highest BCUT2D eigenvalue weighted by Gasteiger charge is 2.44. The summed E-state index contributed by atoms with van der Waals surface area (Å²) in [7, 11) is -4.13. The van der Waals surface area contributed by atoms with Crippen LogP contribution in [-0.4, -0.2) is 61.2 Å². The summed E-state index contributed by atoms with van der Waals surface area (Å²) >= 11 is 0. The molecule has 3 rings (SSSR count). The molecule has 1 aromatic carbocycles. The fraction of sp³-hybridized carbons (Fsp3) is 0.474. The van der Waals surface area contributed by atoms with Crippen molar-refractivity contribution in [2.24, 2.45) is 10.9 Å². The molecule has 2 N–H and O–H groups in total. The standard InChI is InChI=1S/C19H24N4O6S/c1-3-29-15-9-5-4-8-14(15)21-17(24)13-7-6-10-23(11-13)30(27,28)16-12(2)20-19(26)22-18(16)25/h4-5,8-9,13,16H,3,6-7,10-11H2,1-2H3,(H,21,24)(H,22,25,26). The van der Waals surface area contributed by atoms with E-state index in [0.29, 0.717) is 30.9 Å². The maximum absolute atomic E-state index is 13.1. The lowest BCUT2D eigenvalue weighted by Gasteiger charge is -2.34. The molecule has 2 aliphatic heterocycles. The summed E-state index contributed by atoms with van der Waals surface area (Å²) in [5, 5.41) is 3.16. The largest absolute Gasteiger partial charge is 0.492 e. The monoisotopic (exact) mass is 436 g/mol.